The van der Waals surface area contributed by atoms with Crippen LogP contribution in [0.15, 0.2) is 54.6 Å². The highest BCUT2D eigenvalue weighted by Gasteiger charge is 2.21. The van der Waals surface area contributed by atoms with Gasteiger partial charge < -0.3 is 9.74 Å². The van der Waals surface area contributed by atoms with E-state index in [0.717, 1.165) is 26.2 Å². The summed E-state index contributed by atoms with van der Waals surface area (Å²) in [7, 11) is 0. The maximum absolute atomic E-state index is 12.2. The average Bonchev–Trinajstić information content (AvgIpc) is 2.73. The summed E-state index contributed by atoms with van der Waals surface area (Å²) >= 11 is 0. The molecule has 0 aromatic heterocycles. The van der Waals surface area contributed by atoms with Crippen LogP contribution < -0.4 is 4.90 Å². The van der Waals surface area contributed by atoms with E-state index in [1.165, 1.54) is 43.4 Å². The molecule has 0 atom stereocenters. The van der Waals surface area contributed by atoms with Crippen molar-refractivity contribution in [2.45, 2.75) is 39.0 Å². The Morgan fingerprint density at radius 3 is 2.26 bits per heavy atom. The lowest BCUT2D eigenvalue weighted by molar-refractivity contribution is -0.112. The minimum atomic E-state index is -0.281. The number of nitrogens with zero attached hydrogens (tertiary/aromatic N) is 2. The molecule has 1 saturated heterocycles. The molecule has 1 fully saturated rings. The molecule has 0 aliphatic carbocycles. The summed E-state index contributed by atoms with van der Waals surface area (Å²) in [5.74, 6) is -0.281. The lowest BCUT2D eigenvalue weighted by Gasteiger charge is -2.34. The third kappa shape index (κ3) is 5.83. The molecule has 144 valence electrons. The van der Waals surface area contributed by atoms with Crippen LogP contribution >= 0.6 is 0 Å². The summed E-state index contributed by atoms with van der Waals surface area (Å²) in [6, 6.07) is 18.1. The highest BCUT2D eigenvalue weighted by molar-refractivity contribution is 5.89. The summed E-state index contributed by atoms with van der Waals surface area (Å²) in [6.07, 6.45) is 6.38. The number of anilines is 1. The Balaban J connectivity index is 1.44. The number of benzene rings is 2. The molecule has 1 aliphatic heterocycles. The Bertz CT molecular complexity index is 692. The number of rotatable bonds is 8. The van der Waals surface area contributed by atoms with Crippen LogP contribution in [0.1, 0.15) is 48.5 Å². The molecule has 4 heteroatoms. The molecule has 0 unspecified atom stereocenters. The van der Waals surface area contributed by atoms with Gasteiger partial charge in [-0.3, -0.25) is 0 Å². The zero-order chi connectivity index (χ0) is 18.9. The third-order valence-corrected chi connectivity index (χ3v) is 5.08. The van der Waals surface area contributed by atoms with E-state index in [9.17, 15) is 4.79 Å². The predicted octanol–water partition coefficient (Wildman–Crippen LogP) is 4.70. The van der Waals surface area contributed by atoms with Gasteiger partial charge in [0.1, 0.15) is 0 Å². The zero-order valence-electron chi connectivity index (χ0n) is 16.3. The minimum Gasteiger partial charge on any atom is -0.369 e. The fourth-order valence-corrected chi connectivity index (χ4v) is 3.41. The van der Waals surface area contributed by atoms with Gasteiger partial charge in [-0.2, -0.15) is 0 Å². The number of piperazine rings is 1. The molecule has 0 saturated carbocycles. The zero-order valence-corrected chi connectivity index (χ0v) is 16.3. The number of carbonyl (C=O) groups is 1. The van der Waals surface area contributed by atoms with Gasteiger partial charge in [-0.15, -0.1) is 5.06 Å². The SMILES string of the molecule is CCCCCCc1ccc(N2CCN(OC(=O)c3ccccc3)CC2)cc1. The Morgan fingerprint density at radius 2 is 1.59 bits per heavy atom. The second kappa shape index (κ2) is 10.1. The summed E-state index contributed by atoms with van der Waals surface area (Å²) < 4.78 is 0. The topological polar surface area (TPSA) is 32.8 Å². The van der Waals surface area contributed by atoms with Crippen LogP contribution in [0.25, 0.3) is 0 Å². The lowest BCUT2D eigenvalue weighted by Crippen LogP contribution is -2.47. The molecule has 1 heterocycles. The Morgan fingerprint density at radius 1 is 0.889 bits per heavy atom. The summed E-state index contributed by atoms with van der Waals surface area (Å²) in [4.78, 5) is 20.0. The van der Waals surface area contributed by atoms with E-state index in [1.807, 2.05) is 18.2 Å². The van der Waals surface area contributed by atoms with Crippen LogP contribution in [0, 0.1) is 0 Å². The van der Waals surface area contributed by atoms with Gasteiger partial charge in [-0.05, 0) is 42.7 Å². The van der Waals surface area contributed by atoms with Crippen LogP contribution in [0.5, 0.6) is 0 Å². The maximum Gasteiger partial charge on any atom is 0.357 e. The molecule has 2 aromatic carbocycles. The monoisotopic (exact) mass is 366 g/mol. The molecule has 0 amide bonds. The quantitative estimate of drug-likeness (QED) is 0.634. The average molecular weight is 367 g/mol. The lowest BCUT2D eigenvalue weighted by atomic mass is 10.1. The van der Waals surface area contributed by atoms with Gasteiger partial charge in [0.25, 0.3) is 0 Å². The fraction of sp³-hybridized carbons (Fsp3) is 0.435. The molecule has 0 spiro atoms. The normalized spacial score (nSPS) is 14.9. The smallest absolute Gasteiger partial charge is 0.357 e. The summed E-state index contributed by atoms with van der Waals surface area (Å²) in [5, 5.41) is 1.77. The largest absolute Gasteiger partial charge is 0.369 e. The maximum atomic E-state index is 12.2. The molecule has 4 nitrogen and oxygen atoms in total. The molecule has 1 aliphatic rings. The van der Waals surface area contributed by atoms with E-state index >= 15 is 0 Å². The number of aryl methyl sites for hydroxylation is 1. The van der Waals surface area contributed by atoms with E-state index in [-0.39, 0.29) is 5.97 Å². The van der Waals surface area contributed by atoms with E-state index < -0.39 is 0 Å². The van der Waals surface area contributed by atoms with Gasteiger partial charge in [0.05, 0.1) is 18.7 Å². The molecule has 3 rings (SSSR count). The molecule has 0 N–H and O–H groups in total. The van der Waals surface area contributed by atoms with Gasteiger partial charge in [0.2, 0.25) is 0 Å². The molecule has 0 bridgehead atoms. The van der Waals surface area contributed by atoms with Crippen molar-refractivity contribution in [3.05, 3.63) is 65.7 Å². The first kappa shape index (κ1) is 19.4. The van der Waals surface area contributed by atoms with E-state index in [2.05, 4.69) is 36.1 Å². The van der Waals surface area contributed by atoms with Crippen LogP contribution in [-0.4, -0.2) is 37.2 Å². The molecule has 27 heavy (non-hydrogen) atoms. The fourth-order valence-electron chi connectivity index (χ4n) is 3.41. The van der Waals surface area contributed by atoms with Gasteiger partial charge in [-0.1, -0.05) is 56.5 Å². The standard InChI is InChI=1S/C23H30N2O2/c1-2-3-4-6-9-20-12-14-22(15-13-20)24-16-18-25(19-17-24)27-23(26)21-10-7-5-8-11-21/h5,7-8,10-15H,2-4,6,9,16-19H2,1H3. The summed E-state index contributed by atoms with van der Waals surface area (Å²) in [6.45, 7) is 5.40. The highest BCUT2D eigenvalue weighted by atomic mass is 16.7. The second-order valence-corrected chi connectivity index (χ2v) is 7.14. The van der Waals surface area contributed by atoms with Crippen molar-refractivity contribution < 1.29 is 9.63 Å². The first-order valence-corrected chi connectivity index (χ1v) is 10.1. The molecular weight excluding hydrogens is 336 g/mol. The van der Waals surface area contributed by atoms with Crippen LogP contribution in [0.4, 0.5) is 5.69 Å². The Hall–Kier alpha value is -2.33. The molecule has 0 radical (unpaired) electrons. The van der Waals surface area contributed by atoms with Crippen molar-refractivity contribution in [1.82, 2.24) is 5.06 Å². The van der Waals surface area contributed by atoms with Gasteiger partial charge >= 0.3 is 5.97 Å². The Kier molecular flexibility index (Phi) is 7.28. The van der Waals surface area contributed by atoms with Crippen molar-refractivity contribution in [3.8, 4) is 0 Å². The predicted molar refractivity (Wildman–Crippen MR) is 110 cm³/mol. The third-order valence-electron chi connectivity index (χ3n) is 5.08. The van der Waals surface area contributed by atoms with Crippen molar-refractivity contribution >= 4 is 11.7 Å². The Labute approximate surface area is 162 Å². The molecular formula is C23H30N2O2. The van der Waals surface area contributed by atoms with Crippen molar-refractivity contribution in [2.24, 2.45) is 0 Å². The van der Waals surface area contributed by atoms with Crippen molar-refractivity contribution in [1.29, 1.82) is 0 Å². The van der Waals surface area contributed by atoms with Crippen molar-refractivity contribution in [2.75, 3.05) is 31.1 Å². The van der Waals surface area contributed by atoms with E-state index in [1.54, 1.807) is 17.2 Å². The summed E-state index contributed by atoms with van der Waals surface area (Å²) in [5.41, 5.74) is 3.26. The van der Waals surface area contributed by atoms with Gasteiger partial charge in [0.15, 0.2) is 0 Å². The van der Waals surface area contributed by atoms with E-state index in [4.69, 9.17) is 4.84 Å². The first-order chi connectivity index (χ1) is 13.3. The minimum absolute atomic E-state index is 0.281. The number of hydroxylamine groups is 2. The van der Waals surface area contributed by atoms with Crippen LogP contribution in [0.2, 0.25) is 0 Å². The molecule has 2 aromatic rings. The van der Waals surface area contributed by atoms with Crippen LogP contribution in [-0.2, 0) is 11.3 Å². The first-order valence-electron chi connectivity index (χ1n) is 10.1. The number of unbranched alkanes of at least 4 members (excludes halogenated alkanes) is 3. The highest BCUT2D eigenvalue weighted by Crippen LogP contribution is 2.19. The number of hydrogen-bond acceptors (Lipinski definition) is 4. The number of carbonyl (C=O) groups excluding carboxylic acids is 1. The van der Waals surface area contributed by atoms with Crippen molar-refractivity contribution in [3.63, 3.8) is 0 Å². The van der Waals surface area contributed by atoms with Gasteiger partial charge in [-0.25, -0.2) is 4.79 Å². The number of hydrogen-bond donors (Lipinski definition) is 0. The second-order valence-electron chi connectivity index (χ2n) is 7.14. The van der Waals surface area contributed by atoms with E-state index in [0.29, 0.717) is 5.56 Å². The van der Waals surface area contributed by atoms with Gasteiger partial charge in [0, 0.05) is 18.8 Å². The van der Waals surface area contributed by atoms with Crippen LogP contribution in [0.3, 0.4) is 0 Å².